The molecule has 1 heterocycles. The molecule has 1 aliphatic rings. The summed E-state index contributed by atoms with van der Waals surface area (Å²) in [4.78, 5) is 16.9. The SMILES string of the molecule is Cc1cccc(N)c1C(=O)N1CCN(c2ccc(Cl)cc2)CC1. The van der Waals surface area contributed by atoms with E-state index < -0.39 is 0 Å². The number of amides is 1. The van der Waals surface area contributed by atoms with Crippen molar-refractivity contribution < 1.29 is 4.79 Å². The van der Waals surface area contributed by atoms with Crippen molar-refractivity contribution in [2.24, 2.45) is 0 Å². The molecule has 3 rings (SSSR count). The van der Waals surface area contributed by atoms with Crippen molar-refractivity contribution in [3.63, 3.8) is 0 Å². The Morgan fingerprint density at radius 3 is 2.30 bits per heavy atom. The maximum absolute atomic E-state index is 12.7. The Bertz CT molecular complexity index is 686. The lowest BCUT2D eigenvalue weighted by molar-refractivity contribution is 0.0747. The van der Waals surface area contributed by atoms with Crippen LogP contribution < -0.4 is 10.6 Å². The minimum atomic E-state index is 0.0244. The van der Waals surface area contributed by atoms with Crippen LogP contribution in [0.5, 0.6) is 0 Å². The number of nitrogens with zero attached hydrogens (tertiary/aromatic N) is 2. The summed E-state index contributed by atoms with van der Waals surface area (Å²) < 4.78 is 0. The lowest BCUT2D eigenvalue weighted by Crippen LogP contribution is -2.49. The number of halogens is 1. The van der Waals surface area contributed by atoms with Crippen molar-refractivity contribution in [2.45, 2.75) is 6.92 Å². The van der Waals surface area contributed by atoms with Crippen LogP contribution in [0.3, 0.4) is 0 Å². The largest absolute Gasteiger partial charge is 0.398 e. The molecule has 0 aliphatic carbocycles. The van der Waals surface area contributed by atoms with Gasteiger partial charge in [-0.05, 0) is 42.8 Å². The van der Waals surface area contributed by atoms with Gasteiger partial charge in [-0.2, -0.15) is 0 Å². The summed E-state index contributed by atoms with van der Waals surface area (Å²) >= 11 is 5.93. The first-order valence-corrected chi connectivity index (χ1v) is 8.09. The number of rotatable bonds is 2. The molecule has 5 heteroatoms. The number of hydrogen-bond donors (Lipinski definition) is 1. The van der Waals surface area contributed by atoms with Gasteiger partial charge in [-0.3, -0.25) is 4.79 Å². The van der Waals surface area contributed by atoms with Crippen LogP contribution in [-0.2, 0) is 0 Å². The molecule has 0 aromatic heterocycles. The van der Waals surface area contributed by atoms with Gasteiger partial charge in [0.05, 0.1) is 5.56 Å². The Kier molecular flexibility index (Phi) is 4.44. The number of carbonyl (C=O) groups is 1. The summed E-state index contributed by atoms with van der Waals surface area (Å²) in [6.45, 7) is 4.91. The fraction of sp³-hybridized carbons (Fsp3) is 0.278. The van der Waals surface area contributed by atoms with Gasteiger partial charge in [0, 0.05) is 42.6 Å². The maximum atomic E-state index is 12.7. The van der Waals surface area contributed by atoms with E-state index in [0.717, 1.165) is 29.4 Å². The third-order valence-electron chi connectivity index (χ3n) is 4.28. The molecule has 1 fully saturated rings. The lowest BCUT2D eigenvalue weighted by Gasteiger charge is -2.36. The van der Waals surface area contributed by atoms with E-state index in [-0.39, 0.29) is 5.91 Å². The molecule has 2 N–H and O–H groups in total. The molecule has 0 unspecified atom stereocenters. The van der Waals surface area contributed by atoms with Crippen LogP contribution >= 0.6 is 11.6 Å². The van der Waals surface area contributed by atoms with Gasteiger partial charge in [-0.1, -0.05) is 23.7 Å². The second-order valence-electron chi connectivity index (χ2n) is 5.79. The van der Waals surface area contributed by atoms with E-state index >= 15 is 0 Å². The zero-order chi connectivity index (χ0) is 16.4. The second kappa shape index (κ2) is 6.50. The molecule has 23 heavy (non-hydrogen) atoms. The third kappa shape index (κ3) is 3.27. The van der Waals surface area contributed by atoms with E-state index in [1.165, 1.54) is 0 Å². The van der Waals surface area contributed by atoms with Crippen LogP contribution in [0, 0.1) is 6.92 Å². The number of hydrogen-bond acceptors (Lipinski definition) is 3. The molecule has 1 saturated heterocycles. The zero-order valence-electron chi connectivity index (χ0n) is 13.1. The fourth-order valence-electron chi connectivity index (χ4n) is 2.96. The van der Waals surface area contributed by atoms with Crippen molar-refractivity contribution in [2.75, 3.05) is 36.8 Å². The van der Waals surface area contributed by atoms with Crippen molar-refractivity contribution in [3.8, 4) is 0 Å². The Morgan fingerprint density at radius 1 is 1.04 bits per heavy atom. The van der Waals surface area contributed by atoms with Gasteiger partial charge in [0.1, 0.15) is 0 Å². The number of piperazine rings is 1. The molecule has 2 aromatic carbocycles. The number of carbonyl (C=O) groups excluding carboxylic acids is 1. The van der Waals surface area contributed by atoms with Crippen molar-refractivity contribution in [1.29, 1.82) is 0 Å². The first kappa shape index (κ1) is 15.7. The van der Waals surface area contributed by atoms with Gasteiger partial charge >= 0.3 is 0 Å². The Morgan fingerprint density at radius 2 is 1.70 bits per heavy atom. The van der Waals surface area contributed by atoms with Gasteiger partial charge in [0.15, 0.2) is 0 Å². The lowest BCUT2D eigenvalue weighted by atomic mass is 10.0. The molecule has 120 valence electrons. The van der Waals surface area contributed by atoms with Gasteiger partial charge < -0.3 is 15.5 Å². The van der Waals surface area contributed by atoms with Crippen LogP contribution in [0.4, 0.5) is 11.4 Å². The van der Waals surface area contributed by atoms with E-state index in [0.29, 0.717) is 24.3 Å². The van der Waals surface area contributed by atoms with Gasteiger partial charge in [0.25, 0.3) is 5.91 Å². The van der Waals surface area contributed by atoms with Crippen LogP contribution in [0.15, 0.2) is 42.5 Å². The maximum Gasteiger partial charge on any atom is 0.256 e. The number of anilines is 2. The normalized spacial score (nSPS) is 14.9. The predicted octanol–water partition coefficient (Wildman–Crippen LogP) is 3.19. The first-order chi connectivity index (χ1) is 11.1. The monoisotopic (exact) mass is 329 g/mol. The average Bonchev–Trinajstić information content (AvgIpc) is 2.55. The van der Waals surface area contributed by atoms with Gasteiger partial charge in [-0.15, -0.1) is 0 Å². The molecule has 0 spiro atoms. The highest BCUT2D eigenvalue weighted by Gasteiger charge is 2.24. The highest BCUT2D eigenvalue weighted by Crippen LogP contribution is 2.22. The molecule has 4 nitrogen and oxygen atoms in total. The quantitative estimate of drug-likeness (QED) is 0.861. The summed E-state index contributed by atoms with van der Waals surface area (Å²) in [6.07, 6.45) is 0. The molecule has 0 atom stereocenters. The predicted molar refractivity (Wildman–Crippen MR) is 95.2 cm³/mol. The second-order valence-corrected chi connectivity index (χ2v) is 6.23. The smallest absolute Gasteiger partial charge is 0.256 e. The van der Waals surface area contributed by atoms with Crippen LogP contribution in [0.2, 0.25) is 5.02 Å². The molecule has 2 aromatic rings. The highest BCUT2D eigenvalue weighted by molar-refractivity contribution is 6.30. The Balaban J connectivity index is 1.69. The average molecular weight is 330 g/mol. The minimum absolute atomic E-state index is 0.0244. The van der Waals surface area contributed by atoms with E-state index in [9.17, 15) is 4.79 Å². The van der Waals surface area contributed by atoms with Crippen molar-refractivity contribution >= 4 is 28.9 Å². The Hall–Kier alpha value is -2.20. The van der Waals surface area contributed by atoms with Crippen molar-refractivity contribution in [3.05, 3.63) is 58.6 Å². The molecule has 1 aliphatic heterocycles. The fourth-order valence-corrected chi connectivity index (χ4v) is 3.09. The van der Waals surface area contributed by atoms with Crippen LogP contribution in [-0.4, -0.2) is 37.0 Å². The molecule has 0 bridgehead atoms. The molecular weight excluding hydrogens is 310 g/mol. The number of aryl methyl sites for hydroxylation is 1. The first-order valence-electron chi connectivity index (χ1n) is 7.71. The third-order valence-corrected chi connectivity index (χ3v) is 4.53. The van der Waals surface area contributed by atoms with Crippen LogP contribution in [0.25, 0.3) is 0 Å². The Labute approximate surface area is 141 Å². The minimum Gasteiger partial charge on any atom is -0.398 e. The standard InChI is InChI=1S/C18H20ClN3O/c1-13-3-2-4-16(20)17(13)18(23)22-11-9-21(10-12-22)15-7-5-14(19)6-8-15/h2-8H,9-12,20H2,1H3. The van der Waals surface area contributed by atoms with E-state index in [4.69, 9.17) is 17.3 Å². The topological polar surface area (TPSA) is 49.6 Å². The number of benzene rings is 2. The van der Waals surface area contributed by atoms with E-state index in [2.05, 4.69) is 4.90 Å². The summed E-state index contributed by atoms with van der Waals surface area (Å²) in [5.74, 6) is 0.0244. The van der Waals surface area contributed by atoms with E-state index in [1.54, 1.807) is 6.07 Å². The number of nitrogen functional groups attached to an aromatic ring is 1. The van der Waals surface area contributed by atoms with Crippen LogP contribution in [0.1, 0.15) is 15.9 Å². The zero-order valence-corrected chi connectivity index (χ0v) is 13.9. The van der Waals surface area contributed by atoms with E-state index in [1.807, 2.05) is 48.2 Å². The summed E-state index contributed by atoms with van der Waals surface area (Å²) in [7, 11) is 0. The molecular formula is C18H20ClN3O. The molecule has 0 saturated carbocycles. The van der Waals surface area contributed by atoms with Gasteiger partial charge in [-0.25, -0.2) is 0 Å². The highest BCUT2D eigenvalue weighted by atomic mass is 35.5. The van der Waals surface area contributed by atoms with Gasteiger partial charge in [0.2, 0.25) is 0 Å². The van der Waals surface area contributed by atoms with Crippen molar-refractivity contribution in [1.82, 2.24) is 4.90 Å². The summed E-state index contributed by atoms with van der Waals surface area (Å²) in [5, 5.41) is 0.734. The summed E-state index contributed by atoms with van der Waals surface area (Å²) in [6, 6.07) is 13.4. The summed E-state index contributed by atoms with van der Waals surface area (Å²) in [5.41, 5.74) is 9.24. The molecule has 1 amide bonds. The number of nitrogens with two attached hydrogens (primary N) is 1. The molecule has 0 radical (unpaired) electrons.